The summed E-state index contributed by atoms with van der Waals surface area (Å²) in [6.45, 7) is 0.458. The van der Waals surface area contributed by atoms with E-state index in [2.05, 4.69) is 5.32 Å². The largest absolute Gasteiger partial charge is 0.399 e. The van der Waals surface area contributed by atoms with Crippen molar-refractivity contribution < 1.29 is 9.18 Å². The van der Waals surface area contributed by atoms with Crippen molar-refractivity contribution in [3.8, 4) is 0 Å². The van der Waals surface area contributed by atoms with Crippen molar-refractivity contribution in [2.45, 2.75) is 6.42 Å². The van der Waals surface area contributed by atoms with Crippen molar-refractivity contribution in [2.24, 2.45) is 0 Å². The standard InChI is InChI=1S/C11H16FN3O/c1-15(2)11(16)3-4-14-10-6-8(12)5-9(13)7-10/h5-7,14H,3-4,13H2,1-2H3. The highest BCUT2D eigenvalue weighted by Crippen LogP contribution is 2.15. The maximum Gasteiger partial charge on any atom is 0.223 e. The number of hydrogen-bond acceptors (Lipinski definition) is 3. The Kier molecular flexibility index (Phi) is 4.10. The van der Waals surface area contributed by atoms with Gasteiger partial charge in [0.1, 0.15) is 5.82 Å². The average Bonchev–Trinajstić information content (AvgIpc) is 2.15. The van der Waals surface area contributed by atoms with Gasteiger partial charge in [-0.3, -0.25) is 4.79 Å². The topological polar surface area (TPSA) is 58.4 Å². The first-order chi connectivity index (χ1) is 7.49. The number of nitrogens with one attached hydrogen (secondary N) is 1. The monoisotopic (exact) mass is 225 g/mol. The summed E-state index contributed by atoms with van der Waals surface area (Å²) < 4.78 is 12.9. The zero-order chi connectivity index (χ0) is 12.1. The lowest BCUT2D eigenvalue weighted by atomic mass is 10.2. The Morgan fingerprint density at radius 3 is 2.69 bits per heavy atom. The highest BCUT2D eigenvalue weighted by molar-refractivity contribution is 5.76. The Labute approximate surface area is 94.2 Å². The van der Waals surface area contributed by atoms with Crippen LogP contribution in [0.25, 0.3) is 0 Å². The van der Waals surface area contributed by atoms with E-state index in [9.17, 15) is 9.18 Å². The number of carbonyl (C=O) groups is 1. The van der Waals surface area contributed by atoms with Gasteiger partial charge in [0.15, 0.2) is 0 Å². The Morgan fingerprint density at radius 1 is 1.44 bits per heavy atom. The van der Waals surface area contributed by atoms with E-state index in [0.29, 0.717) is 24.3 Å². The van der Waals surface area contributed by atoms with Crippen LogP contribution in [0.15, 0.2) is 18.2 Å². The smallest absolute Gasteiger partial charge is 0.223 e. The van der Waals surface area contributed by atoms with Gasteiger partial charge in [0.2, 0.25) is 5.91 Å². The van der Waals surface area contributed by atoms with Gasteiger partial charge in [-0.05, 0) is 18.2 Å². The molecular formula is C11H16FN3O. The van der Waals surface area contributed by atoms with Gasteiger partial charge >= 0.3 is 0 Å². The summed E-state index contributed by atoms with van der Waals surface area (Å²) in [5.74, 6) is -0.363. The van der Waals surface area contributed by atoms with Gasteiger partial charge in [-0.15, -0.1) is 0 Å². The van der Waals surface area contributed by atoms with Crippen molar-refractivity contribution in [3.63, 3.8) is 0 Å². The average molecular weight is 225 g/mol. The zero-order valence-electron chi connectivity index (χ0n) is 9.46. The summed E-state index contributed by atoms with van der Waals surface area (Å²) in [4.78, 5) is 12.8. The van der Waals surface area contributed by atoms with E-state index in [4.69, 9.17) is 5.73 Å². The van der Waals surface area contributed by atoms with E-state index in [-0.39, 0.29) is 11.7 Å². The molecule has 0 bridgehead atoms. The molecule has 0 spiro atoms. The number of halogens is 1. The summed E-state index contributed by atoms with van der Waals surface area (Å²) >= 11 is 0. The molecule has 1 amide bonds. The number of anilines is 2. The van der Waals surface area contributed by atoms with Crippen molar-refractivity contribution in [3.05, 3.63) is 24.0 Å². The third-order valence-electron chi connectivity index (χ3n) is 2.09. The summed E-state index contributed by atoms with van der Waals surface area (Å²) in [5, 5.41) is 2.94. The number of nitrogen functional groups attached to an aromatic ring is 1. The molecule has 1 aromatic carbocycles. The summed E-state index contributed by atoms with van der Waals surface area (Å²) in [5.41, 5.74) is 6.43. The highest BCUT2D eigenvalue weighted by Gasteiger charge is 2.03. The van der Waals surface area contributed by atoms with Crippen molar-refractivity contribution in [1.29, 1.82) is 0 Å². The Morgan fingerprint density at radius 2 is 2.12 bits per heavy atom. The Bertz CT molecular complexity index is 359. The third kappa shape index (κ3) is 3.76. The van der Waals surface area contributed by atoms with Gasteiger partial charge in [0.05, 0.1) is 0 Å². The second-order valence-corrected chi connectivity index (χ2v) is 3.74. The first-order valence-electron chi connectivity index (χ1n) is 4.99. The lowest BCUT2D eigenvalue weighted by molar-refractivity contribution is -0.128. The third-order valence-corrected chi connectivity index (χ3v) is 2.09. The van der Waals surface area contributed by atoms with Crippen LogP contribution in [0, 0.1) is 5.82 Å². The van der Waals surface area contributed by atoms with Gasteiger partial charge in [-0.1, -0.05) is 0 Å². The second-order valence-electron chi connectivity index (χ2n) is 3.74. The number of carbonyl (C=O) groups excluding carboxylic acids is 1. The number of amides is 1. The van der Waals surface area contributed by atoms with Crippen molar-refractivity contribution in [2.75, 3.05) is 31.7 Å². The molecule has 1 aromatic rings. The summed E-state index contributed by atoms with van der Waals surface area (Å²) in [7, 11) is 3.39. The van der Waals surface area contributed by atoms with Crippen molar-refractivity contribution in [1.82, 2.24) is 4.90 Å². The van der Waals surface area contributed by atoms with Crippen LogP contribution in [-0.2, 0) is 4.79 Å². The van der Waals surface area contributed by atoms with E-state index in [1.807, 2.05) is 0 Å². The number of hydrogen-bond donors (Lipinski definition) is 2. The molecule has 0 heterocycles. The first-order valence-corrected chi connectivity index (χ1v) is 4.99. The van der Waals surface area contributed by atoms with E-state index < -0.39 is 0 Å². The van der Waals surface area contributed by atoms with E-state index in [1.54, 1.807) is 20.2 Å². The predicted octanol–water partition coefficient (Wildman–Crippen LogP) is 1.30. The molecule has 88 valence electrons. The molecule has 0 unspecified atom stereocenters. The number of benzene rings is 1. The second kappa shape index (κ2) is 5.34. The van der Waals surface area contributed by atoms with Crippen LogP contribution >= 0.6 is 0 Å². The minimum Gasteiger partial charge on any atom is -0.399 e. The van der Waals surface area contributed by atoms with Crippen LogP contribution in [0.3, 0.4) is 0 Å². The maximum atomic E-state index is 12.9. The van der Waals surface area contributed by atoms with E-state index >= 15 is 0 Å². The Hall–Kier alpha value is -1.78. The molecule has 0 aromatic heterocycles. The van der Waals surface area contributed by atoms with Crippen molar-refractivity contribution >= 4 is 17.3 Å². The number of nitrogens with zero attached hydrogens (tertiary/aromatic N) is 1. The Balaban J connectivity index is 2.46. The lowest BCUT2D eigenvalue weighted by Gasteiger charge is -2.11. The molecule has 5 heteroatoms. The molecule has 4 nitrogen and oxygen atoms in total. The van der Waals surface area contributed by atoms with Gasteiger partial charge in [-0.25, -0.2) is 4.39 Å². The normalized spacial score (nSPS) is 9.94. The van der Waals surface area contributed by atoms with Crippen LogP contribution in [0.2, 0.25) is 0 Å². The molecule has 0 fully saturated rings. The van der Waals surface area contributed by atoms with Crippen LogP contribution in [0.5, 0.6) is 0 Å². The van der Waals surface area contributed by atoms with Gasteiger partial charge in [0.25, 0.3) is 0 Å². The quantitative estimate of drug-likeness (QED) is 0.759. The zero-order valence-corrected chi connectivity index (χ0v) is 9.46. The molecule has 0 saturated carbocycles. The minimum atomic E-state index is -0.388. The molecule has 0 atom stereocenters. The maximum absolute atomic E-state index is 12.9. The molecule has 0 saturated heterocycles. The molecule has 3 N–H and O–H groups in total. The lowest BCUT2D eigenvalue weighted by Crippen LogP contribution is -2.23. The van der Waals surface area contributed by atoms with E-state index in [0.717, 1.165) is 0 Å². The van der Waals surface area contributed by atoms with Crippen LogP contribution in [0.1, 0.15) is 6.42 Å². The van der Waals surface area contributed by atoms with Crippen LogP contribution in [-0.4, -0.2) is 31.4 Å². The fourth-order valence-corrected chi connectivity index (χ4v) is 1.25. The molecule has 0 aliphatic rings. The number of nitrogens with two attached hydrogens (primary N) is 1. The van der Waals surface area contributed by atoms with Crippen LogP contribution in [0.4, 0.5) is 15.8 Å². The predicted molar refractivity (Wildman–Crippen MR) is 62.6 cm³/mol. The fraction of sp³-hybridized carbons (Fsp3) is 0.364. The molecule has 16 heavy (non-hydrogen) atoms. The van der Waals surface area contributed by atoms with E-state index in [1.165, 1.54) is 17.0 Å². The van der Waals surface area contributed by atoms with Gasteiger partial charge in [0, 0.05) is 38.4 Å². The summed E-state index contributed by atoms with van der Waals surface area (Å²) in [6, 6.07) is 4.22. The highest BCUT2D eigenvalue weighted by atomic mass is 19.1. The molecule has 0 aliphatic heterocycles. The van der Waals surface area contributed by atoms with Gasteiger partial charge in [-0.2, -0.15) is 0 Å². The molecular weight excluding hydrogens is 209 g/mol. The fourth-order valence-electron chi connectivity index (χ4n) is 1.25. The van der Waals surface area contributed by atoms with Gasteiger partial charge < -0.3 is 16.0 Å². The molecule has 1 rings (SSSR count). The SMILES string of the molecule is CN(C)C(=O)CCNc1cc(N)cc(F)c1. The molecule has 0 aliphatic carbocycles. The minimum absolute atomic E-state index is 0.0249. The van der Waals surface area contributed by atoms with Crippen LogP contribution < -0.4 is 11.1 Å². The summed E-state index contributed by atoms with van der Waals surface area (Å²) in [6.07, 6.45) is 0.365. The number of rotatable bonds is 4. The first kappa shape index (κ1) is 12.3. The molecule has 0 radical (unpaired) electrons.